The van der Waals surface area contributed by atoms with E-state index in [9.17, 15) is 0 Å². The van der Waals surface area contributed by atoms with Crippen LogP contribution in [0.4, 0.5) is 0 Å². The Bertz CT molecular complexity index is 377. The average Bonchev–Trinajstić information content (AvgIpc) is 2.44. The summed E-state index contributed by atoms with van der Waals surface area (Å²) in [4.78, 5) is 0. The molecule has 0 fully saturated rings. The highest BCUT2D eigenvalue weighted by molar-refractivity contribution is 5.33. The molecule has 1 aromatic heterocycles. The summed E-state index contributed by atoms with van der Waals surface area (Å²) in [6, 6.07) is 0.230. The number of nitrogens with zero attached hydrogens (tertiary/aromatic N) is 2. The SMILES string of the molecule is C=C(C)C(NCCC)c1c(C)nn(C)c1C. The molecule has 16 heavy (non-hydrogen) atoms. The number of hydrogen-bond acceptors (Lipinski definition) is 2. The molecule has 0 saturated carbocycles. The Hall–Kier alpha value is -1.09. The van der Waals surface area contributed by atoms with E-state index in [1.807, 2.05) is 11.7 Å². The molecule has 0 saturated heterocycles. The largest absolute Gasteiger partial charge is 0.306 e. The zero-order valence-electron chi connectivity index (χ0n) is 11.1. The second kappa shape index (κ2) is 5.30. The first-order chi connectivity index (χ1) is 7.49. The molecule has 3 heteroatoms. The summed E-state index contributed by atoms with van der Waals surface area (Å²) in [6.45, 7) is 13.5. The van der Waals surface area contributed by atoms with E-state index in [1.165, 1.54) is 11.3 Å². The number of nitrogens with one attached hydrogen (secondary N) is 1. The Morgan fingerprint density at radius 1 is 1.50 bits per heavy atom. The van der Waals surface area contributed by atoms with E-state index in [-0.39, 0.29) is 6.04 Å². The predicted molar refractivity (Wildman–Crippen MR) is 68.5 cm³/mol. The van der Waals surface area contributed by atoms with E-state index in [1.54, 1.807) is 0 Å². The van der Waals surface area contributed by atoms with Gasteiger partial charge in [0.2, 0.25) is 0 Å². The molecule has 1 atom stereocenters. The molecule has 0 aliphatic carbocycles. The van der Waals surface area contributed by atoms with Crippen LogP contribution < -0.4 is 5.32 Å². The highest BCUT2D eigenvalue weighted by atomic mass is 15.3. The molecule has 90 valence electrons. The van der Waals surface area contributed by atoms with Crippen molar-refractivity contribution in [3.05, 3.63) is 29.1 Å². The molecule has 0 aliphatic heterocycles. The van der Waals surface area contributed by atoms with Crippen LogP contribution in [0.15, 0.2) is 12.2 Å². The molecule has 3 nitrogen and oxygen atoms in total. The fourth-order valence-corrected chi connectivity index (χ4v) is 2.02. The fraction of sp³-hybridized carbons (Fsp3) is 0.615. The Balaban J connectivity index is 3.05. The van der Waals surface area contributed by atoms with Crippen LogP contribution in [-0.2, 0) is 7.05 Å². The van der Waals surface area contributed by atoms with Gasteiger partial charge in [-0.15, -0.1) is 0 Å². The van der Waals surface area contributed by atoms with Crippen molar-refractivity contribution in [1.29, 1.82) is 0 Å². The third-order valence-corrected chi connectivity index (χ3v) is 2.94. The summed E-state index contributed by atoms with van der Waals surface area (Å²) < 4.78 is 1.94. The molecule has 0 amide bonds. The van der Waals surface area contributed by atoms with Gasteiger partial charge in [0.1, 0.15) is 0 Å². The quantitative estimate of drug-likeness (QED) is 0.775. The van der Waals surface area contributed by atoms with E-state index in [0.29, 0.717) is 0 Å². The third kappa shape index (κ3) is 2.53. The molecule has 1 aromatic rings. The second-order valence-corrected chi connectivity index (χ2v) is 4.44. The Morgan fingerprint density at radius 3 is 2.50 bits per heavy atom. The van der Waals surface area contributed by atoms with Gasteiger partial charge < -0.3 is 5.32 Å². The number of rotatable bonds is 5. The van der Waals surface area contributed by atoms with Crippen LogP contribution in [0.25, 0.3) is 0 Å². The molecule has 0 spiro atoms. The first kappa shape index (κ1) is 13.0. The van der Waals surface area contributed by atoms with E-state index in [4.69, 9.17) is 0 Å². The van der Waals surface area contributed by atoms with Crippen molar-refractivity contribution in [2.75, 3.05) is 6.54 Å². The van der Waals surface area contributed by atoms with Crippen LogP contribution in [0.5, 0.6) is 0 Å². The highest BCUT2D eigenvalue weighted by Gasteiger charge is 2.19. The lowest BCUT2D eigenvalue weighted by atomic mass is 9.99. The smallest absolute Gasteiger partial charge is 0.0647 e. The maximum atomic E-state index is 4.46. The Kier molecular flexibility index (Phi) is 4.30. The van der Waals surface area contributed by atoms with Gasteiger partial charge in [-0.3, -0.25) is 4.68 Å². The second-order valence-electron chi connectivity index (χ2n) is 4.44. The molecule has 0 aromatic carbocycles. The number of aryl methyl sites for hydroxylation is 2. The third-order valence-electron chi connectivity index (χ3n) is 2.94. The van der Waals surface area contributed by atoms with Gasteiger partial charge >= 0.3 is 0 Å². The van der Waals surface area contributed by atoms with Crippen LogP contribution in [0.1, 0.15) is 43.3 Å². The molecule has 0 radical (unpaired) electrons. The number of aromatic nitrogens is 2. The summed E-state index contributed by atoms with van der Waals surface area (Å²) in [5.41, 5.74) is 4.74. The molecular formula is C13H23N3. The standard InChI is InChI=1S/C13H23N3/c1-7-8-14-13(9(2)3)12-10(4)15-16(6)11(12)5/h13-14H,2,7-8H2,1,3-6H3. The minimum atomic E-state index is 0.230. The lowest BCUT2D eigenvalue weighted by Gasteiger charge is -2.19. The van der Waals surface area contributed by atoms with Crippen LogP contribution in [0.2, 0.25) is 0 Å². The van der Waals surface area contributed by atoms with E-state index in [0.717, 1.165) is 24.2 Å². The van der Waals surface area contributed by atoms with Gasteiger partial charge in [0.05, 0.1) is 11.7 Å². The van der Waals surface area contributed by atoms with E-state index < -0.39 is 0 Å². The molecule has 1 heterocycles. The van der Waals surface area contributed by atoms with Gasteiger partial charge in [0.15, 0.2) is 0 Å². The van der Waals surface area contributed by atoms with Crippen molar-refractivity contribution >= 4 is 0 Å². The minimum absolute atomic E-state index is 0.230. The molecule has 1 N–H and O–H groups in total. The average molecular weight is 221 g/mol. The van der Waals surface area contributed by atoms with Crippen molar-refractivity contribution in [1.82, 2.24) is 15.1 Å². The fourth-order valence-electron chi connectivity index (χ4n) is 2.02. The summed E-state index contributed by atoms with van der Waals surface area (Å²) in [7, 11) is 1.99. The van der Waals surface area contributed by atoms with Gasteiger partial charge in [-0.1, -0.05) is 19.1 Å². The van der Waals surface area contributed by atoms with Gasteiger partial charge in [-0.25, -0.2) is 0 Å². The molecule has 1 rings (SSSR count). The Labute approximate surface area is 98.5 Å². The highest BCUT2D eigenvalue weighted by Crippen LogP contribution is 2.26. The summed E-state index contributed by atoms with van der Waals surface area (Å²) in [6.07, 6.45) is 1.13. The predicted octanol–water partition coefficient (Wildman–Crippen LogP) is 2.65. The van der Waals surface area contributed by atoms with Gasteiger partial charge in [0, 0.05) is 18.3 Å². The van der Waals surface area contributed by atoms with Crippen molar-refractivity contribution in [2.45, 2.75) is 40.2 Å². The zero-order chi connectivity index (χ0) is 12.3. The van der Waals surface area contributed by atoms with Crippen LogP contribution in [0, 0.1) is 13.8 Å². The Morgan fingerprint density at radius 2 is 2.12 bits per heavy atom. The molecule has 1 unspecified atom stereocenters. The van der Waals surface area contributed by atoms with E-state index >= 15 is 0 Å². The minimum Gasteiger partial charge on any atom is -0.306 e. The van der Waals surface area contributed by atoms with Crippen molar-refractivity contribution in [3.8, 4) is 0 Å². The maximum Gasteiger partial charge on any atom is 0.0647 e. The number of hydrogen-bond donors (Lipinski definition) is 1. The molecule has 0 aliphatic rings. The normalized spacial score (nSPS) is 12.8. The first-order valence-electron chi connectivity index (χ1n) is 5.87. The monoisotopic (exact) mass is 221 g/mol. The lowest BCUT2D eigenvalue weighted by Crippen LogP contribution is -2.23. The van der Waals surface area contributed by atoms with Gasteiger partial charge in [0.25, 0.3) is 0 Å². The van der Waals surface area contributed by atoms with Crippen LogP contribution >= 0.6 is 0 Å². The van der Waals surface area contributed by atoms with Crippen molar-refractivity contribution in [2.24, 2.45) is 7.05 Å². The summed E-state index contributed by atoms with van der Waals surface area (Å²) in [5.74, 6) is 0. The first-order valence-corrected chi connectivity index (χ1v) is 5.87. The maximum absolute atomic E-state index is 4.46. The van der Waals surface area contributed by atoms with Crippen molar-refractivity contribution in [3.63, 3.8) is 0 Å². The molecule has 0 bridgehead atoms. The summed E-state index contributed by atoms with van der Waals surface area (Å²) in [5, 5.41) is 7.98. The van der Waals surface area contributed by atoms with Crippen molar-refractivity contribution < 1.29 is 0 Å². The van der Waals surface area contributed by atoms with Crippen LogP contribution in [-0.4, -0.2) is 16.3 Å². The summed E-state index contributed by atoms with van der Waals surface area (Å²) >= 11 is 0. The van der Waals surface area contributed by atoms with Gasteiger partial charge in [-0.05, 0) is 33.7 Å². The topological polar surface area (TPSA) is 29.9 Å². The molecular weight excluding hydrogens is 198 g/mol. The van der Waals surface area contributed by atoms with Crippen LogP contribution in [0.3, 0.4) is 0 Å². The zero-order valence-corrected chi connectivity index (χ0v) is 11.1. The van der Waals surface area contributed by atoms with E-state index in [2.05, 4.69) is 44.7 Å². The van der Waals surface area contributed by atoms with Gasteiger partial charge in [-0.2, -0.15) is 5.10 Å². The lowest BCUT2D eigenvalue weighted by molar-refractivity contribution is 0.585.